The van der Waals surface area contributed by atoms with Crippen molar-refractivity contribution in [1.29, 1.82) is 0 Å². The molecule has 31 heavy (non-hydrogen) atoms. The third-order valence-electron chi connectivity index (χ3n) is 6.22. The number of aryl methyl sites for hydroxylation is 1. The van der Waals surface area contributed by atoms with E-state index in [0.717, 1.165) is 16.3 Å². The number of piperidine rings is 1. The van der Waals surface area contributed by atoms with E-state index in [1.54, 1.807) is 20.2 Å². The number of para-hydroxylation sites is 1. The minimum absolute atomic E-state index is 0.0219. The molecule has 4 rings (SSSR count). The van der Waals surface area contributed by atoms with Crippen LogP contribution in [0, 0.1) is 5.92 Å². The van der Waals surface area contributed by atoms with Gasteiger partial charge in [-0.1, -0.05) is 25.1 Å². The standard InChI is InChI=1S/C23H28N4O4/c1-4-18(21(28)26-12-10-15(11-13-26)23(30)31-5-2)27-19-9-7-6-8-16(19)17-14-24-25(3)22(29)20(17)27/h6-9,14-15,18H,4-5,10-13H2,1-3H3/t18-/m1/s1. The van der Waals surface area contributed by atoms with Crippen molar-refractivity contribution in [2.45, 2.75) is 39.2 Å². The van der Waals surface area contributed by atoms with Crippen LogP contribution in [0.25, 0.3) is 21.8 Å². The highest BCUT2D eigenvalue weighted by Crippen LogP contribution is 2.32. The first-order valence-electron chi connectivity index (χ1n) is 10.9. The summed E-state index contributed by atoms with van der Waals surface area (Å²) in [5.41, 5.74) is 1.13. The predicted octanol–water partition coefficient (Wildman–Crippen LogP) is 2.64. The largest absolute Gasteiger partial charge is 0.466 e. The van der Waals surface area contributed by atoms with Crippen molar-refractivity contribution in [2.24, 2.45) is 13.0 Å². The highest BCUT2D eigenvalue weighted by atomic mass is 16.5. The Morgan fingerprint density at radius 1 is 1.16 bits per heavy atom. The first-order valence-corrected chi connectivity index (χ1v) is 10.9. The second-order valence-corrected chi connectivity index (χ2v) is 8.00. The molecule has 3 heterocycles. The molecule has 1 fully saturated rings. The van der Waals surface area contributed by atoms with Gasteiger partial charge >= 0.3 is 5.97 Å². The van der Waals surface area contributed by atoms with Crippen LogP contribution in [0.3, 0.4) is 0 Å². The topological polar surface area (TPSA) is 86.4 Å². The van der Waals surface area contributed by atoms with E-state index in [4.69, 9.17) is 4.74 Å². The number of hydrogen-bond donors (Lipinski definition) is 0. The molecule has 1 aliphatic heterocycles. The lowest BCUT2D eigenvalue weighted by Gasteiger charge is -2.34. The van der Waals surface area contributed by atoms with Crippen molar-refractivity contribution in [3.05, 3.63) is 40.8 Å². The normalized spacial score (nSPS) is 16.0. The number of rotatable bonds is 5. The Morgan fingerprint density at radius 3 is 2.55 bits per heavy atom. The molecule has 1 aromatic carbocycles. The van der Waals surface area contributed by atoms with Crippen LogP contribution >= 0.6 is 0 Å². The summed E-state index contributed by atoms with van der Waals surface area (Å²) in [5.74, 6) is -0.359. The lowest BCUT2D eigenvalue weighted by molar-refractivity contribution is -0.151. The van der Waals surface area contributed by atoms with E-state index in [1.165, 1.54) is 4.68 Å². The molecule has 1 aliphatic rings. The van der Waals surface area contributed by atoms with Gasteiger partial charge in [-0.05, 0) is 32.3 Å². The molecular weight excluding hydrogens is 396 g/mol. The van der Waals surface area contributed by atoms with Crippen LogP contribution in [0.5, 0.6) is 0 Å². The fourth-order valence-corrected chi connectivity index (χ4v) is 4.59. The third-order valence-corrected chi connectivity index (χ3v) is 6.22. The molecule has 0 bridgehead atoms. The molecule has 1 atom stereocenters. The summed E-state index contributed by atoms with van der Waals surface area (Å²) in [7, 11) is 1.62. The summed E-state index contributed by atoms with van der Waals surface area (Å²) < 4.78 is 8.32. The molecule has 0 saturated carbocycles. The quantitative estimate of drug-likeness (QED) is 0.588. The molecule has 8 heteroatoms. The summed E-state index contributed by atoms with van der Waals surface area (Å²) >= 11 is 0. The van der Waals surface area contributed by atoms with Gasteiger partial charge in [0.25, 0.3) is 5.56 Å². The average Bonchev–Trinajstić information content (AvgIpc) is 3.12. The molecule has 1 saturated heterocycles. The molecule has 2 aromatic heterocycles. The Hall–Kier alpha value is -3.16. The Morgan fingerprint density at radius 2 is 1.87 bits per heavy atom. The van der Waals surface area contributed by atoms with Crippen molar-refractivity contribution in [1.82, 2.24) is 19.2 Å². The Labute approximate surface area is 180 Å². The zero-order valence-corrected chi connectivity index (χ0v) is 18.2. The molecular formula is C23H28N4O4. The fourth-order valence-electron chi connectivity index (χ4n) is 4.59. The molecule has 1 amide bonds. The molecule has 0 N–H and O–H groups in total. The van der Waals surface area contributed by atoms with Gasteiger partial charge in [-0.25, -0.2) is 4.68 Å². The number of likely N-dealkylation sites (tertiary alicyclic amines) is 1. The SMILES string of the molecule is CCOC(=O)C1CCN(C(=O)[C@@H](CC)n2c3ccccc3c3cnn(C)c(=O)c32)CC1. The molecule has 8 nitrogen and oxygen atoms in total. The number of esters is 1. The highest BCUT2D eigenvalue weighted by molar-refractivity contribution is 6.08. The molecule has 164 valence electrons. The zero-order valence-electron chi connectivity index (χ0n) is 18.2. The smallest absolute Gasteiger partial charge is 0.309 e. The molecule has 0 spiro atoms. The van der Waals surface area contributed by atoms with Gasteiger partial charge in [0.05, 0.1) is 24.2 Å². The fraction of sp³-hybridized carbons (Fsp3) is 0.478. The van der Waals surface area contributed by atoms with Crippen molar-refractivity contribution in [3.8, 4) is 0 Å². The number of hydrogen-bond acceptors (Lipinski definition) is 5. The maximum atomic E-state index is 13.6. The predicted molar refractivity (Wildman–Crippen MR) is 118 cm³/mol. The summed E-state index contributed by atoms with van der Waals surface area (Å²) in [6.07, 6.45) is 3.44. The van der Waals surface area contributed by atoms with Gasteiger partial charge in [-0.3, -0.25) is 14.4 Å². The number of carbonyl (C=O) groups excluding carboxylic acids is 2. The van der Waals surface area contributed by atoms with E-state index in [9.17, 15) is 14.4 Å². The van der Waals surface area contributed by atoms with Gasteiger partial charge in [0, 0.05) is 30.9 Å². The Bertz CT molecular complexity index is 1190. The maximum absolute atomic E-state index is 13.6. The molecule has 3 aromatic rings. The van der Waals surface area contributed by atoms with E-state index in [-0.39, 0.29) is 23.4 Å². The van der Waals surface area contributed by atoms with E-state index in [2.05, 4.69) is 5.10 Å². The number of amides is 1. The van der Waals surface area contributed by atoms with E-state index in [1.807, 2.05) is 40.7 Å². The van der Waals surface area contributed by atoms with Crippen LogP contribution in [0.1, 0.15) is 39.2 Å². The number of benzene rings is 1. The summed E-state index contributed by atoms with van der Waals surface area (Å²) in [6, 6.07) is 7.23. The first kappa shape index (κ1) is 21.1. The van der Waals surface area contributed by atoms with Gasteiger partial charge in [-0.2, -0.15) is 5.10 Å². The minimum Gasteiger partial charge on any atom is -0.466 e. The Kier molecular flexibility index (Phi) is 5.80. The summed E-state index contributed by atoms with van der Waals surface area (Å²) in [6.45, 7) is 5.15. The minimum atomic E-state index is -0.503. The van der Waals surface area contributed by atoms with Crippen molar-refractivity contribution in [2.75, 3.05) is 19.7 Å². The lowest BCUT2D eigenvalue weighted by Crippen LogP contribution is -2.44. The van der Waals surface area contributed by atoms with E-state index < -0.39 is 6.04 Å². The lowest BCUT2D eigenvalue weighted by atomic mass is 9.96. The van der Waals surface area contributed by atoms with E-state index >= 15 is 0 Å². The number of carbonyl (C=O) groups is 2. The van der Waals surface area contributed by atoms with Crippen LogP contribution in [-0.2, 0) is 21.4 Å². The van der Waals surface area contributed by atoms with Crippen LogP contribution < -0.4 is 5.56 Å². The zero-order chi connectivity index (χ0) is 22.1. The Balaban J connectivity index is 1.71. The van der Waals surface area contributed by atoms with Crippen LogP contribution in [0.4, 0.5) is 0 Å². The van der Waals surface area contributed by atoms with Crippen molar-refractivity contribution in [3.63, 3.8) is 0 Å². The second kappa shape index (κ2) is 8.53. The summed E-state index contributed by atoms with van der Waals surface area (Å²) in [4.78, 5) is 40.5. The van der Waals surface area contributed by atoms with Crippen LogP contribution in [0.15, 0.2) is 35.3 Å². The molecule has 0 unspecified atom stereocenters. The van der Waals surface area contributed by atoms with Gasteiger partial charge < -0.3 is 14.2 Å². The number of fused-ring (bicyclic) bond motifs is 3. The average molecular weight is 425 g/mol. The molecule has 0 aliphatic carbocycles. The van der Waals surface area contributed by atoms with Gasteiger partial charge in [0.1, 0.15) is 11.6 Å². The number of ether oxygens (including phenoxy) is 1. The van der Waals surface area contributed by atoms with Crippen LogP contribution in [0.2, 0.25) is 0 Å². The number of aromatic nitrogens is 3. The highest BCUT2D eigenvalue weighted by Gasteiger charge is 2.33. The second-order valence-electron chi connectivity index (χ2n) is 8.00. The third kappa shape index (κ3) is 3.60. The van der Waals surface area contributed by atoms with Crippen molar-refractivity contribution >= 4 is 33.7 Å². The number of nitrogens with zero attached hydrogens (tertiary/aromatic N) is 4. The van der Waals surface area contributed by atoms with Gasteiger partial charge in [0.15, 0.2) is 0 Å². The van der Waals surface area contributed by atoms with Gasteiger partial charge in [0.2, 0.25) is 5.91 Å². The first-order chi connectivity index (χ1) is 15.0. The van der Waals surface area contributed by atoms with Gasteiger partial charge in [-0.15, -0.1) is 0 Å². The van der Waals surface area contributed by atoms with Crippen LogP contribution in [-0.4, -0.2) is 50.8 Å². The summed E-state index contributed by atoms with van der Waals surface area (Å²) in [5, 5.41) is 5.85. The maximum Gasteiger partial charge on any atom is 0.309 e. The molecule has 0 radical (unpaired) electrons. The van der Waals surface area contributed by atoms with Crippen molar-refractivity contribution < 1.29 is 14.3 Å². The van der Waals surface area contributed by atoms with E-state index in [0.29, 0.717) is 44.5 Å². The monoisotopic (exact) mass is 424 g/mol.